The Morgan fingerprint density at radius 2 is 2.31 bits per heavy atom. The molecule has 0 spiro atoms. The number of hydrogen-bond donors (Lipinski definition) is 2. The van der Waals surface area contributed by atoms with Crippen molar-refractivity contribution in [1.82, 2.24) is 10.1 Å². The largest absolute Gasteiger partial charge is 0.399 e. The standard InChI is InChI=1S/C11H14N4O/c1-8-14-11(15-16-8)5-6-13-10-4-2-3-9(12)7-10/h2-4,7,13H,5-6,12H2,1H3. The van der Waals surface area contributed by atoms with Gasteiger partial charge in [0, 0.05) is 31.3 Å². The van der Waals surface area contributed by atoms with Crippen molar-refractivity contribution in [2.45, 2.75) is 13.3 Å². The van der Waals surface area contributed by atoms with Gasteiger partial charge in [-0.1, -0.05) is 11.2 Å². The van der Waals surface area contributed by atoms with Crippen LogP contribution in [-0.2, 0) is 6.42 Å². The maximum absolute atomic E-state index is 5.67. The van der Waals surface area contributed by atoms with Crippen LogP contribution in [0.2, 0.25) is 0 Å². The molecule has 3 N–H and O–H groups in total. The lowest BCUT2D eigenvalue weighted by atomic mass is 10.3. The van der Waals surface area contributed by atoms with Crippen molar-refractivity contribution in [2.24, 2.45) is 0 Å². The molecule has 5 nitrogen and oxygen atoms in total. The number of benzene rings is 1. The van der Waals surface area contributed by atoms with Crippen molar-refractivity contribution >= 4 is 11.4 Å². The maximum atomic E-state index is 5.67. The molecule has 84 valence electrons. The molecule has 0 aliphatic carbocycles. The Labute approximate surface area is 93.7 Å². The van der Waals surface area contributed by atoms with Gasteiger partial charge in [-0.3, -0.25) is 0 Å². The van der Waals surface area contributed by atoms with Gasteiger partial charge in [-0.2, -0.15) is 4.98 Å². The van der Waals surface area contributed by atoms with Crippen LogP contribution in [-0.4, -0.2) is 16.7 Å². The summed E-state index contributed by atoms with van der Waals surface area (Å²) in [6.07, 6.45) is 0.728. The van der Waals surface area contributed by atoms with Gasteiger partial charge in [0.1, 0.15) is 0 Å². The van der Waals surface area contributed by atoms with Gasteiger partial charge in [0.15, 0.2) is 5.82 Å². The van der Waals surface area contributed by atoms with E-state index >= 15 is 0 Å². The average molecular weight is 218 g/mol. The first-order valence-electron chi connectivity index (χ1n) is 5.12. The summed E-state index contributed by atoms with van der Waals surface area (Å²) in [5.41, 5.74) is 7.42. The summed E-state index contributed by atoms with van der Waals surface area (Å²) in [5.74, 6) is 1.31. The second-order valence-electron chi connectivity index (χ2n) is 3.53. The van der Waals surface area contributed by atoms with Crippen molar-refractivity contribution in [3.8, 4) is 0 Å². The zero-order valence-corrected chi connectivity index (χ0v) is 9.10. The number of aromatic nitrogens is 2. The summed E-state index contributed by atoms with van der Waals surface area (Å²) in [6, 6.07) is 7.63. The van der Waals surface area contributed by atoms with Gasteiger partial charge in [0.2, 0.25) is 5.89 Å². The van der Waals surface area contributed by atoms with Gasteiger partial charge in [0.25, 0.3) is 0 Å². The van der Waals surface area contributed by atoms with Crippen molar-refractivity contribution in [3.05, 3.63) is 36.0 Å². The molecule has 0 saturated carbocycles. The third-order valence-electron chi connectivity index (χ3n) is 2.13. The van der Waals surface area contributed by atoms with Gasteiger partial charge in [0.05, 0.1) is 0 Å². The minimum absolute atomic E-state index is 0.596. The number of rotatable bonds is 4. The molecular formula is C11H14N4O. The van der Waals surface area contributed by atoms with Crippen LogP contribution in [0, 0.1) is 6.92 Å². The topological polar surface area (TPSA) is 77.0 Å². The second-order valence-corrected chi connectivity index (χ2v) is 3.53. The second kappa shape index (κ2) is 4.65. The predicted molar refractivity (Wildman–Crippen MR) is 62.1 cm³/mol. The highest BCUT2D eigenvalue weighted by atomic mass is 16.5. The Balaban J connectivity index is 1.84. The third-order valence-corrected chi connectivity index (χ3v) is 2.13. The molecule has 0 atom stereocenters. The van der Waals surface area contributed by atoms with Crippen LogP contribution in [0.1, 0.15) is 11.7 Å². The van der Waals surface area contributed by atoms with E-state index < -0.39 is 0 Å². The molecule has 2 rings (SSSR count). The maximum Gasteiger partial charge on any atom is 0.223 e. The SMILES string of the molecule is Cc1nc(CCNc2cccc(N)c2)no1. The molecular weight excluding hydrogens is 204 g/mol. The van der Waals surface area contributed by atoms with E-state index in [4.69, 9.17) is 10.3 Å². The molecule has 0 saturated heterocycles. The van der Waals surface area contributed by atoms with Crippen molar-refractivity contribution < 1.29 is 4.52 Å². The fourth-order valence-corrected chi connectivity index (χ4v) is 1.41. The first-order chi connectivity index (χ1) is 7.74. The fourth-order valence-electron chi connectivity index (χ4n) is 1.41. The van der Waals surface area contributed by atoms with E-state index in [-0.39, 0.29) is 0 Å². The van der Waals surface area contributed by atoms with E-state index in [1.807, 2.05) is 24.3 Å². The van der Waals surface area contributed by atoms with Crippen LogP contribution in [0.15, 0.2) is 28.8 Å². The van der Waals surface area contributed by atoms with Crippen LogP contribution in [0.3, 0.4) is 0 Å². The highest BCUT2D eigenvalue weighted by molar-refractivity contribution is 5.53. The molecule has 0 aliphatic rings. The molecule has 16 heavy (non-hydrogen) atoms. The number of nitrogen functional groups attached to an aromatic ring is 1. The lowest BCUT2D eigenvalue weighted by Crippen LogP contribution is -2.06. The molecule has 0 bridgehead atoms. The molecule has 1 heterocycles. The van der Waals surface area contributed by atoms with Crippen molar-refractivity contribution in [1.29, 1.82) is 0 Å². The third kappa shape index (κ3) is 2.73. The number of aryl methyl sites for hydroxylation is 1. The van der Waals surface area contributed by atoms with Crippen LogP contribution >= 0.6 is 0 Å². The van der Waals surface area contributed by atoms with E-state index in [0.717, 1.165) is 24.3 Å². The van der Waals surface area contributed by atoms with E-state index in [1.54, 1.807) is 6.92 Å². The smallest absolute Gasteiger partial charge is 0.223 e. The van der Waals surface area contributed by atoms with Crippen LogP contribution in [0.25, 0.3) is 0 Å². The Morgan fingerprint density at radius 3 is 3.00 bits per heavy atom. The number of nitrogens with one attached hydrogen (secondary N) is 1. The Kier molecular flexibility index (Phi) is 3.05. The number of nitrogens with zero attached hydrogens (tertiary/aromatic N) is 2. The van der Waals surface area contributed by atoms with Gasteiger partial charge >= 0.3 is 0 Å². The number of nitrogens with two attached hydrogens (primary N) is 1. The van der Waals surface area contributed by atoms with E-state index in [9.17, 15) is 0 Å². The van der Waals surface area contributed by atoms with Crippen LogP contribution in [0.4, 0.5) is 11.4 Å². The summed E-state index contributed by atoms with van der Waals surface area (Å²) in [7, 11) is 0. The highest BCUT2D eigenvalue weighted by Crippen LogP contribution is 2.11. The lowest BCUT2D eigenvalue weighted by molar-refractivity contribution is 0.387. The Bertz CT molecular complexity index is 467. The lowest BCUT2D eigenvalue weighted by Gasteiger charge is -2.04. The average Bonchev–Trinajstić information content (AvgIpc) is 2.64. The molecule has 2 aromatic rings. The Hall–Kier alpha value is -2.04. The van der Waals surface area contributed by atoms with Gasteiger partial charge in [-0.05, 0) is 18.2 Å². The first-order valence-corrected chi connectivity index (χ1v) is 5.12. The molecule has 0 aliphatic heterocycles. The summed E-state index contributed by atoms with van der Waals surface area (Å²) >= 11 is 0. The summed E-state index contributed by atoms with van der Waals surface area (Å²) in [6.45, 7) is 2.53. The molecule has 0 fully saturated rings. The van der Waals surface area contributed by atoms with Crippen molar-refractivity contribution in [3.63, 3.8) is 0 Å². The molecule has 1 aromatic heterocycles. The zero-order valence-electron chi connectivity index (χ0n) is 9.10. The molecule has 0 amide bonds. The monoisotopic (exact) mass is 218 g/mol. The zero-order chi connectivity index (χ0) is 11.4. The number of anilines is 2. The summed E-state index contributed by atoms with van der Waals surface area (Å²) in [5, 5.41) is 7.06. The quantitative estimate of drug-likeness (QED) is 0.762. The summed E-state index contributed by atoms with van der Waals surface area (Å²) in [4.78, 5) is 4.12. The van der Waals surface area contributed by atoms with Crippen molar-refractivity contribution in [2.75, 3.05) is 17.6 Å². The highest BCUT2D eigenvalue weighted by Gasteiger charge is 2.01. The molecule has 0 unspecified atom stereocenters. The molecule has 0 radical (unpaired) electrons. The fraction of sp³-hybridized carbons (Fsp3) is 0.273. The minimum atomic E-state index is 0.596. The van der Waals surface area contributed by atoms with E-state index in [1.165, 1.54) is 0 Å². The normalized spacial score (nSPS) is 10.3. The van der Waals surface area contributed by atoms with E-state index in [0.29, 0.717) is 11.7 Å². The molecule has 1 aromatic carbocycles. The van der Waals surface area contributed by atoms with E-state index in [2.05, 4.69) is 15.5 Å². The summed E-state index contributed by atoms with van der Waals surface area (Å²) < 4.78 is 4.88. The van der Waals surface area contributed by atoms with Gasteiger partial charge < -0.3 is 15.6 Å². The minimum Gasteiger partial charge on any atom is -0.399 e. The van der Waals surface area contributed by atoms with Crippen LogP contribution < -0.4 is 11.1 Å². The van der Waals surface area contributed by atoms with Gasteiger partial charge in [-0.25, -0.2) is 0 Å². The van der Waals surface area contributed by atoms with Crippen LogP contribution in [0.5, 0.6) is 0 Å². The number of hydrogen-bond acceptors (Lipinski definition) is 5. The first kappa shape index (κ1) is 10.5. The predicted octanol–water partition coefficient (Wildman–Crippen LogP) is 1.61. The Morgan fingerprint density at radius 1 is 1.44 bits per heavy atom. The molecule has 5 heteroatoms. The van der Waals surface area contributed by atoms with Gasteiger partial charge in [-0.15, -0.1) is 0 Å².